The second-order valence-electron chi connectivity index (χ2n) is 3.87. The number of rotatable bonds is 4. The van der Waals surface area contributed by atoms with Crippen LogP contribution in [0.2, 0.25) is 10.0 Å². The minimum absolute atomic E-state index is 0.0950. The highest BCUT2D eigenvalue weighted by atomic mass is 35.5. The molecule has 2 rings (SSSR count). The largest absolute Gasteiger partial charge is 0.323 e. The molecule has 2 nitrogen and oxygen atoms in total. The molecular weight excluding hydrogens is 320 g/mol. The van der Waals surface area contributed by atoms with Gasteiger partial charge in [-0.15, -0.1) is 11.8 Å². The zero-order valence-electron chi connectivity index (χ0n) is 10.2. The molecule has 1 N–H and O–H groups in total. The second-order valence-corrected chi connectivity index (χ2v) is 5.67. The molecule has 0 heterocycles. The monoisotopic (exact) mass is 329 g/mol. The van der Waals surface area contributed by atoms with E-state index < -0.39 is 5.82 Å². The lowest BCUT2D eigenvalue weighted by molar-refractivity contribution is -0.113. The van der Waals surface area contributed by atoms with Gasteiger partial charge in [0.15, 0.2) is 0 Å². The SMILES string of the molecule is O=C(CSc1c(Cl)cccc1Cl)Nc1ccccc1F. The average molecular weight is 330 g/mol. The molecule has 0 saturated heterocycles. The van der Waals surface area contributed by atoms with Crippen LogP contribution in [0.5, 0.6) is 0 Å². The maximum absolute atomic E-state index is 13.4. The van der Waals surface area contributed by atoms with Gasteiger partial charge < -0.3 is 5.32 Å². The van der Waals surface area contributed by atoms with E-state index in [4.69, 9.17) is 23.2 Å². The summed E-state index contributed by atoms with van der Waals surface area (Å²) in [5.41, 5.74) is 0.156. The number of halogens is 3. The summed E-state index contributed by atoms with van der Waals surface area (Å²) in [6.07, 6.45) is 0. The molecule has 0 unspecified atom stereocenters. The Morgan fingerprint density at radius 2 is 1.75 bits per heavy atom. The van der Waals surface area contributed by atoms with Crippen molar-refractivity contribution in [1.29, 1.82) is 0 Å². The molecule has 0 bridgehead atoms. The number of hydrogen-bond acceptors (Lipinski definition) is 2. The summed E-state index contributed by atoms with van der Waals surface area (Å²) in [5.74, 6) is -0.699. The van der Waals surface area contributed by atoms with Crippen LogP contribution < -0.4 is 5.32 Å². The van der Waals surface area contributed by atoms with Gasteiger partial charge in [0.1, 0.15) is 5.82 Å². The van der Waals surface area contributed by atoms with Crippen molar-refractivity contribution in [2.75, 3.05) is 11.1 Å². The number of anilines is 1. The number of para-hydroxylation sites is 1. The first-order chi connectivity index (χ1) is 9.58. The predicted molar refractivity (Wildman–Crippen MR) is 82.2 cm³/mol. The summed E-state index contributed by atoms with van der Waals surface area (Å²) in [7, 11) is 0. The van der Waals surface area contributed by atoms with Crippen LogP contribution in [0.1, 0.15) is 0 Å². The first-order valence-electron chi connectivity index (χ1n) is 5.69. The maximum atomic E-state index is 13.4. The van der Waals surface area contributed by atoms with Gasteiger partial charge >= 0.3 is 0 Å². The standard InChI is InChI=1S/C14H10Cl2FNOS/c15-9-4-3-5-10(16)14(9)20-8-13(19)18-12-7-2-1-6-11(12)17/h1-7H,8H2,(H,18,19). The molecule has 1 amide bonds. The van der Waals surface area contributed by atoms with E-state index in [-0.39, 0.29) is 17.3 Å². The van der Waals surface area contributed by atoms with Gasteiger partial charge in [0, 0.05) is 4.90 Å². The van der Waals surface area contributed by atoms with Gasteiger partial charge in [-0.05, 0) is 24.3 Å². The highest BCUT2D eigenvalue weighted by molar-refractivity contribution is 8.00. The Morgan fingerprint density at radius 1 is 1.10 bits per heavy atom. The molecule has 0 fully saturated rings. The van der Waals surface area contributed by atoms with E-state index in [0.29, 0.717) is 14.9 Å². The minimum atomic E-state index is -0.471. The van der Waals surface area contributed by atoms with E-state index in [1.165, 1.54) is 23.9 Å². The summed E-state index contributed by atoms with van der Waals surface area (Å²) < 4.78 is 13.4. The van der Waals surface area contributed by atoms with Crippen LogP contribution in [0.15, 0.2) is 47.4 Å². The molecule has 0 atom stereocenters. The molecule has 2 aromatic carbocycles. The third-order valence-electron chi connectivity index (χ3n) is 2.41. The molecular formula is C14H10Cl2FNOS. The van der Waals surface area contributed by atoms with E-state index >= 15 is 0 Å². The second kappa shape index (κ2) is 6.97. The van der Waals surface area contributed by atoms with Crippen molar-refractivity contribution in [2.24, 2.45) is 0 Å². The average Bonchev–Trinajstić information content (AvgIpc) is 2.41. The quantitative estimate of drug-likeness (QED) is 0.811. The van der Waals surface area contributed by atoms with Gasteiger partial charge in [-0.3, -0.25) is 4.79 Å². The molecule has 0 radical (unpaired) electrons. The summed E-state index contributed by atoms with van der Waals surface area (Å²) in [6, 6.07) is 11.1. The lowest BCUT2D eigenvalue weighted by atomic mass is 10.3. The molecule has 104 valence electrons. The number of carbonyl (C=O) groups excluding carboxylic acids is 1. The molecule has 20 heavy (non-hydrogen) atoms. The molecule has 2 aromatic rings. The molecule has 0 saturated carbocycles. The van der Waals surface area contributed by atoms with Crippen molar-refractivity contribution in [3.63, 3.8) is 0 Å². The number of thioether (sulfide) groups is 1. The van der Waals surface area contributed by atoms with Crippen molar-refractivity contribution < 1.29 is 9.18 Å². The van der Waals surface area contributed by atoms with Gasteiger partial charge in [-0.2, -0.15) is 0 Å². The highest BCUT2D eigenvalue weighted by Crippen LogP contribution is 2.33. The van der Waals surface area contributed by atoms with Crippen LogP contribution >= 0.6 is 35.0 Å². The Kier molecular flexibility index (Phi) is 5.29. The zero-order chi connectivity index (χ0) is 14.5. The smallest absolute Gasteiger partial charge is 0.234 e. The Labute approximate surface area is 130 Å². The highest BCUT2D eigenvalue weighted by Gasteiger charge is 2.10. The Bertz CT molecular complexity index is 616. The fraction of sp³-hybridized carbons (Fsp3) is 0.0714. The van der Waals surface area contributed by atoms with Crippen LogP contribution in [0.25, 0.3) is 0 Å². The fourth-order valence-corrected chi connectivity index (χ4v) is 2.99. The normalized spacial score (nSPS) is 10.3. The summed E-state index contributed by atoms with van der Waals surface area (Å²) in [5, 5.41) is 3.47. The summed E-state index contributed by atoms with van der Waals surface area (Å²) in [6.45, 7) is 0. The van der Waals surface area contributed by atoms with Crippen molar-refractivity contribution in [1.82, 2.24) is 0 Å². The first kappa shape index (κ1) is 15.2. The van der Waals surface area contributed by atoms with Crippen LogP contribution in [0.4, 0.5) is 10.1 Å². The van der Waals surface area contributed by atoms with Crippen LogP contribution in [-0.4, -0.2) is 11.7 Å². The number of benzene rings is 2. The third-order valence-corrected chi connectivity index (χ3v) is 4.40. The van der Waals surface area contributed by atoms with E-state index in [1.54, 1.807) is 30.3 Å². The van der Waals surface area contributed by atoms with Gasteiger partial charge in [-0.1, -0.05) is 41.4 Å². The minimum Gasteiger partial charge on any atom is -0.323 e. The van der Waals surface area contributed by atoms with Crippen LogP contribution in [-0.2, 0) is 4.79 Å². The van der Waals surface area contributed by atoms with E-state index in [9.17, 15) is 9.18 Å². The van der Waals surface area contributed by atoms with E-state index in [0.717, 1.165) is 0 Å². The third kappa shape index (κ3) is 3.88. The molecule has 0 aromatic heterocycles. The molecule has 0 aliphatic heterocycles. The summed E-state index contributed by atoms with van der Waals surface area (Å²) >= 11 is 13.2. The lowest BCUT2D eigenvalue weighted by Crippen LogP contribution is -2.15. The molecule has 0 aliphatic rings. The number of hydrogen-bond donors (Lipinski definition) is 1. The predicted octanol–water partition coefficient (Wildman–Crippen LogP) is 4.86. The fourth-order valence-electron chi connectivity index (χ4n) is 1.51. The number of carbonyl (C=O) groups is 1. The van der Waals surface area contributed by atoms with Crippen molar-refractivity contribution in [2.45, 2.75) is 4.90 Å². The van der Waals surface area contributed by atoms with Gasteiger partial charge in [0.05, 0.1) is 21.5 Å². The van der Waals surface area contributed by atoms with E-state index in [1.807, 2.05) is 0 Å². The van der Waals surface area contributed by atoms with Crippen molar-refractivity contribution >= 4 is 46.6 Å². The van der Waals surface area contributed by atoms with E-state index in [2.05, 4.69) is 5.32 Å². The first-order valence-corrected chi connectivity index (χ1v) is 7.43. The Hall–Kier alpha value is -1.23. The molecule has 0 aliphatic carbocycles. The van der Waals surface area contributed by atoms with Crippen molar-refractivity contribution in [3.05, 3.63) is 58.3 Å². The van der Waals surface area contributed by atoms with Crippen molar-refractivity contribution in [3.8, 4) is 0 Å². The molecule has 0 spiro atoms. The van der Waals surface area contributed by atoms with Gasteiger partial charge in [0.2, 0.25) is 5.91 Å². The van der Waals surface area contributed by atoms with Crippen LogP contribution in [0.3, 0.4) is 0 Å². The summed E-state index contributed by atoms with van der Waals surface area (Å²) in [4.78, 5) is 12.4. The lowest BCUT2D eigenvalue weighted by Gasteiger charge is -2.08. The van der Waals surface area contributed by atoms with Gasteiger partial charge in [0.25, 0.3) is 0 Å². The maximum Gasteiger partial charge on any atom is 0.234 e. The van der Waals surface area contributed by atoms with Gasteiger partial charge in [-0.25, -0.2) is 4.39 Å². The Morgan fingerprint density at radius 3 is 2.40 bits per heavy atom. The number of amides is 1. The molecule has 6 heteroatoms. The Balaban J connectivity index is 1.98. The topological polar surface area (TPSA) is 29.1 Å². The van der Waals surface area contributed by atoms with Crippen LogP contribution in [0, 0.1) is 5.82 Å². The number of nitrogens with one attached hydrogen (secondary N) is 1. The zero-order valence-corrected chi connectivity index (χ0v) is 12.5.